The summed E-state index contributed by atoms with van der Waals surface area (Å²) in [7, 11) is -3.43. The van der Waals surface area contributed by atoms with Gasteiger partial charge in [0, 0.05) is 13.0 Å². The Morgan fingerprint density at radius 3 is 2.95 bits per heavy atom. The largest absolute Gasteiger partial charge is 0.466 e. The summed E-state index contributed by atoms with van der Waals surface area (Å²) < 4.78 is 30.2. The number of carbonyl (C=O) groups excluding carboxylic acids is 1. The Hall–Kier alpha value is -1.48. The maximum Gasteiger partial charge on any atom is 0.306 e. The van der Waals surface area contributed by atoms with Gasteiger partial charge in [-0.2, -0.15) is 5.10 Å². The molecule has 0 fully saturated rings. The van der Waals surface area contributed by atoms with Crippen LogP contribution in [-0.4, -0.2) is 48.5 Å². The van der Waals surface area contributed by atoms with Gasteiger partial charge in [-0.15, -0.1) is 0 Å². The van der Waals surface area contributed by atoms with Crippen LogP contribution in [0.15, 0.2) is 6.33 Å². The first-order valence-electron chi connectivity index (χ1n) is 6.00. The molecule has 19 heavy (non-hydrogen) atoms. The van der Waals surface area contributed by atoms with Crippen LogP contribution in [0.2, 0.25) is 0 Å². The van der Waals surface area contributed by atoms with E-state index in [1.54, 1.807) is 6.92 Å². The predicted molar refractivity (Wildman–Crippen MR) is 67.7 cm³/mol. The zero-order valence-electron chi connectivity index (χ0n) is 10.8. The highest BCUT2D eigenvalue weighted by Gasteiger charge is 2.13. The molecule has 0 aromatic carbocycles. The molecule has 1 aromatic rings. The average Bonchev–Trinajstić information content (AvgIpc) is 2.86. The third-order valence-electron chi connectivity index (χ3n) is 2.26. The molecule has 0 atom stereocenters. The van der Waals surface area contributed by atoms with Crippen molar-refractivity contribution in [3.05, 3.63) is 12.2 Å². The lowest BCUT2D eigenvalue weighted by Crippen LogP contribution is -2.29. The van der Waals surface area contributed by atoms with Gasteiger partial charge in [-0.25, -0.2) is 18.1 Å². The predicted octanol–water partition coefficient (Wildman–Crippen LogP) is -0.390. The number of esters is 1. The summed E-state index contributed by atoms with van der Waals surface area (Å²) in [6.07, 6.45) is 2.48. The molecule has 2 N–H and O–H groups in total. The van der Waals surface area contributed by atoms with E-state index >= 15 is 0 Å². The highest BCUT2D eigenvalue weighted by Crippen LogP contribution is 1.96. The second-order valence-electron chi connectivity index (χ2n) is 3.80. The molecule has 108 valence electrons. The highest BCUT2D eigenvalue weighted by molar-refractivity contribution is 7.89. The van der Waals surface area contributed by atoms with Crippen molar-refractivity contribution in [2.24, 2.45) is 0 Å². The minimum absolute atomic E-state index is 0.134. The van der Waals surface area contributed by atoms with Crippen molar-refractivity contribution in [2.45, 2.75) is 26.2 Å². The molecule has 1 aromatic heterocycles. The van der Waals surface area contributed by atoms with Gasteiger partial charge in [0.25, 0.3) is 0 Å². The summed E-state index contributed by atoms with van der Waals surface area (Å²) in [5.41, 5.74) is 0. The third-order valence-corrected chi connectivity index (χ3v) is 3.64. The van der Waals surface area contributed by atoms with Gasteiger partial charge in [0.1, 0.15) is 12.2 Å². The number of aromatic nitrogens is 3. The molecule has 0 bridgehead atoms. The van der Waals surface area contributed by atoms with Crippen LogP contribution in [0.3, 0.4) is 0 Å². The van der Waals surface area contributed by atoms with Gasteiger partial charge >= 0.3 is 5.97 Å². The van der Waals surface area contributed by atoms with Gasteiger partial charge < -0.3 is 4.74 Å². The van der Waals surface area contributed by atoms with E-state index in [0.717, 1.165) is 0 Å². The Balaban J connectivity index is 2.17. The summed E-state index contributed by atoms with van der Waals surface area (Å²) in [5, 5.41) is 6.38. The maximum atomic E-state index is 11.5. The van der Waals surface area contributed by atoms with E-state index in [1.165, 1.54) is 6.33 Å². The van der Waals surface area contributed by atoms with Crippen LogP contribution >= 0.6 is 0 Å². The Kier molecular flexibility index (Phi) is 6.43. The first-order valence-corrected chi connectivity index (χ1v) is 7.66. The molecule has 0 unspecified atom stereocenters. The number of rotatable bonds is 9. The van der Waals surface area contributed by atoms with E-state index in [-0.39, 0.29) is 18.8 Å². The Morgan fingerprint density at radius 1 is 1.53 bits per heavy atom. The fraction of sp³-hybridized carbons (Fsp3) is 0.700. The second-order valence-corrected chi connectivity index (χ2v) is 5.73. The number of nitrogens with zero attached hydrogens (tertiary/aromatic N) is 2. The molecular formula is C10H18N4O4S. The molecule has 0 saturated carbocycles. The summed E-state index contributed by atoms with van der Waals surface area (Å²) >= 11 is 0. The zero-order chi connectivity index (χ0) is 14.1. The SMILES string of the molecule is CCOC(=O)CCS(=O)(=O)NCCCc1ncn[nH]1. The number of carbonyl (C=O) groups is 1. The lowest BCUT2D eigenvalue weighted by atomic mass is 10.3. The summed E-state index contributed by atoms with van der Waals surface area (Å²) in [5.74, 6) is -0.0472. The van der Waals surface area contributed by atoms with E-state index in [0.29, 0.717) is 25.2 Å². The Morgan fingerprint density at radius 2 is 2.32 bits per heavy atom. The molecule has 9 heteroatoms. The highest BCUT2D eigenvalue weighted by atomic mass is 32.2. The van der Waals surface area contributed by atoms with Crippen LogP contribution in [0.25, 0.3) is 0 Å². The average molecular weight is 290 g/mol. The summed E-state index contributed by atoms with van der Waals surface area (Å²) in [6, 6.07) is 0. The smallest absolute Gasteiger partial charge is 0.306 e. The normalized spacial score (nSPS) is 11.4. The van der Waals surface area contributed by atoms with Gasteiger partial charge in [0.2, 0.25) is 10.0 Å². The van der Waals surface area contributed by atoms with Crippen molar-refractivity contribution in [1.82, 2.24) is 19.9 Å². The van der Waals surface area contributed by atoms with E-state index in [2.05, 4.69) is 24.6 Å². The lowest BCUT2D eigenvalue weighted by Gasteiger charge is -2.05. The molecular weight excluding hydrogens is 272 g/mol. The van der Waals surface area contributed by atoms with Crippen LogP contribution in [0.5, 0.6) is 0 Å². The molecule has 0 aliphatic carbocycles. The monoisotopic (exact) mass is 290 g/mol. The molecule has 0 amide bonds. The topological polar surface area (TPSA) is 114 Å². The van der Waals surface area contributed by atoms with E-state index in [4.69, 9.17) is 0 Å². The van der Waals surface area contributed by atoms with Gasteiger partial charge in [0.05, 0.1) is 18.8 Å². The summed E-state index contributed by atoms with van der Waals surface area (Å²) in [4.78, 5) is 15.0. The molecule has 0 spiro atoms. The van der Waals surface area contributed by atoms with Crippen molar-refractivity contribution in [3.8, 4) is 0 Å². The van der Waals surface area contributed by atoms with Crippen molar-refractivity contribution in [2.75, 3.05) is 18.9 Å². The maximum absolute atomic E-state index is 11.5. The fourth-order valence-corrected chi connectivity index (χ4v) is 2.39. The lowest BCUT2D eigenvalue weighted by molar-refractivity contribution is -0.142. The van der Waals surface area contributed by atoms with E-state index in [9.17, 15) is 13.2 Å². The van der Waals surface area contributed by atoms with Gasteiger partial charge in [-0.1, -0.05) is 0 Å². The Bertz CT molecular complexity index is 472. The molecule has 0 aliphatic heterocycles. The third kappa shape index (κ3) is 6.87. The molecule has 1 heterocycles. The van der Waals surface area contributed by atoms with Crippen LogP contribution in [0.4, 0.5) is 0 Å². The van der Waals surface area contributed by atoms with Gasteiger partial charge in [-0.3, -0.25) is 9.89 Å². The zero-order valence-corrected chi connectivity index (χ0v) is 11.6. The standard InChI is InChI=1S/C10H18N4O4S/c1-2-18-10(15)5-7-19(16,17)13-6-3-4-9-11-8-12-14-9/h8,13H,2-7H2,1H3,(H,11,12,14). The molecule has 0 radical (unpaired) electrons. The second kappa shape index (κ2) is 7.85. The number of sulfonamides is 1. The van der Waals surface area contributed by atoms with Crippen LogP contribution in [0.1, 0.15) is 25.6 Å². The first-order chi connectivity index (χ1) is 9.03. The van der Waals surface area contributed by atoms with Crippen LogP contribution in [0, 0.1) is 0 Å². The molecule has 0 aliphatic rings. The summed E-state index contributed by atoms with van der Waals surface area (Å²) in [6.45, 7) is 2.23. The number of H-pyrrole nitrogens is 1. The van der Waals surface area contributed by atoms with Crippen molar-refractivity contribution < 1.29 is 17.9 Å². The molecule has 0 saturated heterocycles. The quantitative estimate of drug-likeness (QED) is 0.473. The van der Waals surface area contributed by atoms with Gasteiger partial charge in [0.15, 0.2) is 0 Å². The number of ether oxygens (including phenoxy) is 1. The molecule has 1 rings (SSSR count). The number of aromatic amines is 1. The number of hydrogen-bond acceptors (Lipinski definition) is 6. The van der Waals surface area contributed by atoms with E-state index < -0.39 is 16.0 Å². The van der Waals surface area contributed by atoms with E-state index in [1.807, 2.05) is 0 Å². The minimum Gasteiger partial charge on any atom is -0.466 e. The number of aryl methyl sites for hydroxylation is 1. The van der Waals surface area contributed by atoms with Crippen LogP contribution < -0.4 is 4.72 Å². The van der Waals surface area contributed by atoms with Crippen molar-refractivity contribution >= 4 is 16.0 Å². The number of hydrogen-bond donors (Lipinski definition) is 2. The van der Waals surface area contributed by atoms with Gasteiger partial charge in [-0.05, 0) is 13.3 Å². The van der Waals surface area contributed by atoms with Crippen LogP contribution in [-0.2, 0) is 26.0 Å². The molecule has 8 nitrogen and oxygen atoms in total. The van der Waals surface area contributed by atoms with Crippen molar-refractivity contribution in [1.29, 1.82) is 0 Å². The first kappa shape index (κ1) is 15.6. The fourth-order valence-electron chi connectivity index (χ4n) is 1.36. The Labute approximate surface area is 112 Å². The number of nitrogens with one attached hydrogen (secondary N) is 2. The van der Waals surface area contributed by atoms with Crippen molar-refractivity contribution in [3.63, 3.8) is 0 Å². The minimum atomic E-state index is -3.43.